The second-order valence-electron chi connectivity index (χ2n) is 1.15. The molecule has 0 spiro atoms. The Bertz CT molecular complexity index is 186. The zero-order valence-electron chi connectivity index (χ0n) is 4.33. The third-order valence-electron chi connectivity index (χ3n) is 0.637. The van der Waals surface area contributed by atoms with Gasteiger partial charge in [-0.15, -0.1) is 11.4 Å². The maximum Gasteiger partial charge on any atom is 0.176 e. The largest absolute Gasteiger partial charge is 0.271 e. The molecule has 0 saturated carbocycles. The zero-order chi connectivity index (χ0) is 5.98. The van der Waals surface area contributed by atoms with Gasteiger partial charge in [-0.1, -0.05) is 0 Å². The van der Waals surface area contributed by atoms with Crippen molar-refractivity contribution in [2.24, 2.45) is 0 Å². The number of thiophene rings is 1. The summed E-state index contributed by atoms with van der Waals surface area (Å²) in [6, 6.07) is 2.95. The van der Waals surface area contributed by atoms with Crippen LogP contribution in [0.1, 0.15) is 0 Å². The minimum Gasteiger partial charge on any atom is -0.271 e. The molecular formula is C4H2NO2SU-. The number of nitro groups is 1. The van der Waals surface area contributed by atoms with Gasteiger partial charge >= 0.3 is 0 Å². The number of hydrogen-bond acceptors (Lipinski definition) is 3. The molecule has 0 radical (unpaired) electrons. The van der Waals surface area contributed by atoms with Crippen LogP contribution in [0.25, 0.3) is 0 Å². The normalized spacial score (nSPS) is 8.00. The van der Waals surface area contributed by atoms with Gasteiger partial charge in [-0.3, -0.25) is 10.1 Å². The SMILES string of the molecule is O=[N+]([O-])c1cc[c-]s1.[U]. The Balaban J connectivity index is 0.000000640. The van der Waals surface area contributed by atoms with Crippen LogP contribution in [0.3, 0.4) is 0 Å². The summed E-state index contributed by atoms with van der Waals surface area (Å²) in [6.07, 6.45) is 0. The first-order valence-electron chi connectivity index (χ1n) is 1.91. The van der Waals surface area contributed by atoms with E-state index in [1.165, 1.54) is 12.1 Å². The van der Waals surface area contributed by atoms with Crippen molar-refractivity contribution in [3.05, 3.63) is 27.6 Å². The molecule has 0 bridgehead atoms. The van der Waals surface area contributed by atoms with Crippen LogP contribution >= 0.6 is 11.3 Å². The molecule has 0 N–H and O–H groups in total. The topological polar surface area (TPSA) is 43.1 Å². The first kappa shape index (κ1) is 9.15. The summed E-state index contributed by atoms with van der Waals surface area (Å²) in [5.74, 6) is 0. The fraction of sp³-hybridized carbons (Fsp3) is 0. The Morgan fingerprint density at radius 3 is 2.67 bits per heavy atom. The number of nitrogens with zero attached hydrogens (tertiary/aromatic N) is 1. The van der Waals surface area contributed by atoms with Crippen LogP contribution in [0.5, 0.6) is 0 Å². The van der Waals surface area contributed by atoms with E-state index in [0.717, 1.165) is 11.3 Å². The number of hydrogen-bond donors (Lipinski definition) is 0. The Labute approximate surface area is 79.6 Å². The van der Waals surface area contributed by atoms with Gasteiger partial charge < -0.3 is 0 Å². The fourth-order valence-corrected chi connectivity index (χ4v) is 0.799. The third-order valence-corrected chi connectivity index (χ3v) is 1.39. The Hall–Kier alpha value is 0.152. The van der Waals surface area contributed by atoms with Gasteiger partial charge in [0.25, 0.3) is 0 Å². The summed E-state index contributed by atoms with van der Waals surface area (Å²) < 4.78 is 0. The van der Waals surface area contributed by atoms with Crippen molar-refractivity contribution in [1.29, 1.82) is 0 Å². The second kappa shape index (κ2) is 4.05. The molecule has 0 aliphatic carbocycles. The number of rotatable bonds is 1. The van der Waals surface area contributed by atoms with E-state index < -0.39 is 4.92 Å². The van der Waals surface area contributed by atoms with Gasteiger partial charge in [-0.25, -0.2) is 11.3 Å². The van der Waals surface area contributed by atoms with Crippen LogP contribution in [0.2, 0.25) is 0 Å². The molecule has 5 heteroatoms. The molecule has 0 fully saturated rings. The third kappa shape index (κ3) is 2.48. The molecule has 0 aromatic carbocycles. The maximum absolute atomic E-state index is 9.86. The first-order valence-corrected chi connectivity index (χ1v) is 2.72. The van der Waals surface area contributed by atoms with Crippen molar-refractivity contribution in [3.8, 4) is 0 Å². The molecule has 3 nitrogen and oxygen atoms in total. The van der Waals surface area contributed by atoms with Crippen LogP contribution in [0.4, 0.5) is 5.00 Å². The van der Waals surface area contributed by atoms with Gasteiger partial charge in [-0.05, 0) is 0 Å². The van der Waals surface area contributed by atoms with Crippen LogP contribution in [-0.2, 0) is 0 Å². The molecular weight excluding hydrogens is 364 g/mol. The van der Waals surface area contributed by atoms with E-state index in [2.05, 4.69) is 5.38 Å². The average Bonchev–Trinajstić information content (AvgIpc) is 2.12. The molecule has 1 aromatic heterocycles. The van der Waals surface area contributed by atoms with Crippen molar-refractivity contribution in [3.63, 3.8) is 0 Å². The summed E-state index contributed by atoms with van der Waals surface area (Å²) in [6.45, 7) is 0. The van der Waals surface area contributed by atoms with E-state index in [1.54, 1.807) is 0 Å². The molecule has 1 aromatic rings. The Kier molecular flexibility index (Phi) is 4.11. The predicted octanol–water partition coefficient (Wildman–Crippen LogP) is 1.46. The molecule has 9 heavy (non-hydrogen) atoms. The Morgan fingerprint density at radius 1 is 1.78 bits per heavy atom. The maximum atomic E-state index is 9.86. The standard InChI is InChI=1S/C4H2NO2S.U/c6-5(7)4-2-1-3-8-4;/h1-2H;/q-1;. The van der Waals surface area contributed by atoms with E-state index in [4.69, 9.17) is 0 Å². The average molecular weight is 366 g/mol. The van der Waals surface area contributed by atoms with Crippen molar-refractivity contribution in [1.82, 2.24) is 0 Å². The van der Waals surface area contributed by atoms with Gasteiger partial charge in [0.15, 0.2) is 5.00 Å². The second-order valence-corrected chi connectivity index (χ2v) is 2.01. The van der Waals surface area contributed by atoms with Gasteiger partial charge in [0.2, 0.25) is 0 Å². The molecule has 0 atom stereocenters. The minimum atomic E-state index is -0.429. The molecule has 1 heterocycles. The van der Waals surface area contributed by atoms with E-state index in [1.807, 2.05) is 0 Å². The molecule has 0 aliphatic heterocycles. The van der Waals surface area contributed by atoms with Crippen LogP contribution < -0.4 is 0 Å². The van der Waals surface area contributed by atoms with Crippen LogP contribution in [0.15, 0.2) is 12.1 Å². The van der Waals surface area contributed by atoms with E-state index in [-0.39, 0.29) is 36.1 Å². The van der Waals surface area contributed by atoms with Crippen molar-refractivity contribution < 1.29 is 36.0 Å². The van der Waals surface area contributed by atoms with E-state index in [0.29, 0.717) is 0 Å². The molecule has 0 aliphatic rings. The zero-order valence-corrected chi connectivity index (χ0v) is 9.31. The van der Waals surface area contributed by atoms with Gasteiger partial charge in [0.05, 0.1) is 0 Å². The fourth-order valence-electron chi connectivity index (χ4n) is 0.332. The molecule has 0 saturated heterocycles. The van der Waals surface area contributed by atoms with Gasteiger partial charge in [0.1, 0.15) is 0 Å². The molecule has 0 unspecified atom stereocenters. The van der Waals surface area contributed by atoms with Crippen molar-refractivity contribution in [2.45, 2.75) is 0 Å². The summed E-state index contributed by atoms with van der Waals surface area (Å²) in [5.41, 5.74) is 0. The summed E-state index contributed by atoms with van der Waals surface area (Å²) in [5, 5.41) is 12.6. The first-order chi connectivity index (χ1) is 3.80. The Morgan fingerprint density at radius 2 is 2.44 bits per heavy atom. The van der Waals surface area contributed by atoms with Crippen molar-refractivity contribution >= 4 is 16.3 Å². The summed E-state index contributed by atoms with van der Waals surface area (Å²) in [7, 11) is 0. The van der Waals surface area contributed by atoms with E-state index >= 15 is 0 Å². The van der Waals surface area contributed by atoms with Crippen LogP contribution in [0, 0.1) is 46.6 Å². The van der Waals surface area contributed by atoms with Crippen LogP contribution in [-0.4, -0.2) is 4.92 Å². The van der Waals surface area contributed by atoms with Crippen molar-refractivity contribution in [2.75, 3.05) is 0 Å². The molecule has 0 amide bonds. The van der Waals surface area contributed by atoms with Gasteiger partial charge in [0, 0.05) is 36.0 Å². The smallest absolute Gasteiger partial charge is 0.176 e. The van der Waals surface area contributed by atoms with E-state index in [9.17, 15) is 10.1 Å². The monoisotopic (exact) mass is 366 g/mol. The predicted molar refractivity (Wildman–Crippen MR) is 29.8 cm³/mol. The van der Waals surface area contributed by atoms with Gasteiger partial charge in [-0.2, -0.15) is 6.07 Å². The molecule has 46 valence electrons. The minimum absolute atomic E-state index is 0. The summed E-state index contributed by atoms with van der Waals surface area (Å²) in [4.78, 5) is 9.43. The summed E-state index contributed by atoms with van der Waals surface area (Å²) >= 11 is 1.01. The molecule has 1 rings (SSSR count). The quantitative estimate of drug-likeness (QED) is 0.429.